The van der Waals surface area contributed by atoms with Crippen molar-refractivity contribution in [3.63, 3.8) is 0 Å². The fraction of sp³-hybridized carbons (Fsp3) is 0.615. The summed E-state index contributed by atoms with van der Waals surface area (Å²) in [4.78, 5) is 0. The van der Waals surface area contributed by atoms with Crippen LogP contribution >= 0.6 is 0 Å². The maximum absolute atomic E-state index is 5.70. The van der Waals surface area contributed by atoms with Crippen molar-refractivity contribution in [2.75, 3.05) is 5.73 Å². The molecule has 6 nitrogen and oxygen atoms in total. The number of hydrogen-bond acceptors (Lipinski definition) is 4. The highest BCUT2D eigenvalue weighted by atomic mass is 15.4. The summed E-state index contributed by atoms with van der Waals surface area (Å²) in [5.74, 6) is 0.492. The number of aromatic nitrogens is 5. The van der Waals surface area contributed by atoms with Gasteiger partial charge >= 0.3 is 0 Å². The first-order chi connectivity index (χ1) is 9.24. The zero-order valence-corrected chi connectivity index (χ0v) is 11.3. The van der Waals surface area contributed by atoms with Crippen LogP contribution in [0.15, 0.2) is 12.3 Å². The Morgan fingerprint density at radius 1 is 1.32 bits per heavy atom. The molecule has 1 aliphatic carbocycles. The van der Waals surface area contributed by atoms with Crippen LogP contribution in [0.5, 0.6) is 0 Å². The van der Waals surface area contributed by atoms with Crippen LogP contribution in [0.3, 0.4) is 0 Å². The van der Waals surface area contributed by atoms with E-state index in [1.807, 2.05) is 6.92 Å². The monoisotopic (exact) mass is 260 g/mol. The molecule has 2 aromatic heterocycles. The second kappa shape index (κ2) is 5.03. The molecule has 1 fully saturated rings. The molecule has 2 aromatic rings. The lowest BCUT2D eigenvalue weighted by Gasteiger charge is -2.21. The summed E-state index contributed by atoms with van der Waals surface area (Å²) in [6.45, 7) is 2.56. The molecule has 2 heterocycles. The summed E-state index contributed by atoms with van der Waals surface area (Å²) in [5.41, 5.74) is 7.60. The van der Waals surface area contributed by atoms with Gasteiger partial charge in [0.15, 0.2) is 5.82 Å². The Hall–Kier alpha value is -1.85. The molecule has 0 bridgehead atoms. The molecule has 0 radical (unpaired) electrons. The average Bonchev–Trinajstić information content (AvgIpc) is 3.02. The molecule has 0 atom stereocenters. The minimum absolute atomic E-state index is 0.492. The minimum atomic E-state index is 0.492. The first kappa shape index (κ1) is 12.2. The standard InChI is InChI=1S/C13H20N6/c1-10-13(14)15-17-19(10)9-11-7-8-18(16-11)12-5-3-2-4-6-12/h7-8,12H,2-6,9,14H2,1H3. The van der Waals surface area contributed by atoms with Crippen molar-refractivity contribution in [1.29, 1.82) is 0 Å². The van der Waals surface area contributed by atoms with Gasteiger partial charge in [0.05, 0.1) is 24.0 Å². The first-order valence-electron chi connectivity index (χ1n) is 6.93. The minimum Gasteiger partial charge on any atom is -0.381 e. The second-order valence-corrected chi connectivity index (χ2v) is 5.30. The van der Waals surface area contributed by atoms with Crippen LogP contribution in [0.2, 0.25) is 0 Å². The van der Waals surface area contributed by atoms with Crippen LogP contribution < -0.4 is 5.73 Å². The number of hydrogen-bond donors (Lipinski definition) is 1. The molecule has 102 valence electrons. The van der Waals surface area contributed by atoms with E-state index >= 15 is 0 Å². The van der Waals surface area contributed by atoms with Crippen molar-refractivity contribution in [1.82, 2.24) is 24.8 Å². The van der Waals surface area contributed by atoms with Gasteiger partial charge in [0.1, 0.15) is 0 Å². The van der Waals surface area contributed by atoms with E-state index in [0.29, 0.717) is 18.4 Å². The van der Waals surface area contributed by atoms with Crippen LogP contribution in [0.1, 0.15) is 49.5 Å². The fourth-order valence-corrected chi connectivity index (χ4v) is 2.69. The van der Waals surface area contributed by atoms with Crippen molar-refractivity contribution in [3.8, 4) is 0 Å². The normalized spacial score (nSPS) is 16.9. The van der Waals surface area contributed by atoms with E-state index in [4.69, 9.17) is 5.73 Å². The molecular weight excluding hydrogens is 240 g/mol. The molecule has 0 amide bonds. The summed E-state index contributed by atoms with van der Waals surface area (Å²) >= 11 is 0. The molecule has 1 aliphatic rings. The van der Waals surface area contributed by atoms with Gasteiger partial charge in [0.2, 0.25) is 0 Å². The quantitative estimate of drug-likeness (QED) is 0.914. The summed E-state index contributed by atoms with van der Waals surface area (Å²) in [7, 11) is 0. The van der Waals surface area contributed by atoms with Crippen LogP contribution in [0.4, 0.5) is 5.82 Å². The Balaban J connectivity index is 1.72. The second-order valence-electron chi connectivity index (χ2n) is 5.30. The summed E-state index contributed by atoms with van der Waals surface area (Å²) < 4.78 is 3.91. The highest BCUT2D eigenvalue weighted by Crippen LogP contribution is 2.27. The van der Waals surface area contributed by atoms with Gasteiger partial charge in [-0.2, -0.15) is 5.10 Å². The van der Waals surface area contributed by atoms with E-state index in [-0.39, 0.29) is 0 Å². The van der Waals surface area contributed by atoms with Gasteiger partial charge in [-0.15, -0.1) is 5.10 Å². The van der Waals surface area contributed by atoms with Gasteiger partial charge in [-0.3, -0.25) is 4.68 Å². The maximum Gasteiger partial charge on any atom is 0.168 e. The number of anilines is 1. The van der Waals surface area contributed by atoms with Crippen LogP contribution in [0.25, 0.3) is 0 Å². The number of nitrogens with two attached hydrogens (primary N) is 1. The van der Waals surface area contributed by atoms with E-state index < -0.39 is 0 Å². The predicted octanol–water partition coefficient (Wildman–Crippen LogP) is 1.92. The van der Waals surface area contributed by atoms with Crippen molar-refractivity contribution in [2.24, 2.45) is 0 Å². The molecule has 0 aliphatic heterocycles. The zero-order chi connectivity index (χ0) is 13.2. The van der Waals surface area contributed by atoms with Crippen LogP contribution in [-0.2, 0) is 6.54 Å². The number of nitrogens with zero attached hydrogens (tertiary/aromatic N) is 5. The third kappa shape index (κ3) is 2.47. The van der Waals surface area contributed by atoms with Crippen molar-refractivity contribution >= 4 is 5.82 Å². The third-order valence-corrected chi connectivity index (χ3v) is 3.94. The van der Waals surface area contributed by atoms with Crippen LogP contribution in [-0.4, -0.2) is 24.8 Å². The first-order valence-corrected chi connectivity index (χ1v) is 6.93. The highest BCUT2D eigenvalue weighted by molar-refractivity contribution is 5.31. The molecule has 2 N–H and O–H groups in total. The van der Waals surface area contributed by atoms with Gasteiger partial charge in [0, 0.05) is 6.20 Å². The number of rotatable bonds is 3. The van der Waals surface area contributed by atoms with Crippen molar-refractivity contribution < 1.29 is 0 Å². The molecule has 0 aromatic carbocycles. The lowest BCUT2D eigenvalue weighted by atomic mass is 9.96. The summed E-state index contributed by atoms with van der Waals surface area (Å²) in [6, 6.07) is 2.63. The SMILES string of the molecule is Cc1c(N)nnn1Cc1ccn(C2CCCCC2)n1. The molecule has 1 saturated carbocycles. The summed E-state index contributed by atoms with van der Waals surface area (Å²) in [5, 5.41) is 12.6. The average molecular weight is 260 g/mol. The predicted molar refractivity (Wildman–Crippen MR) is 72.6 cm³/mol. The molecule has 0 unspecified atom stereocenters. The Labute approximate surface area is 112 Å². The van der Waals surface area contributed by atoms with Gasteiger partial charge in [-0.05, 0) is 25.8 Å². The Kier molecular flexibility index (Phi) is 3.23. The topological polar surface area (TPSA) is 74.5 Å². The van der Waals surface area contributed by atoms with Gasteiger partial charge in [-0.1, -0.05) is 24.5 Å². The Morgan fingerprint density at radius 3 is 2.79 bits per heavy atom. The van der Waals surface area contributed by atoms with E-state index in [1.54, 1.807) is 4.68 Å². The molecule has 6 heteroatoms. The lowest BCUT2D eigenvalue weighted by Crippen LogP contribution is -2.14. The molecule has 19 heavy (non-hydrogen) atoms. The zero-order valence-electron chi connectivity index (χ0n) is 11.3. The van der Waals surface area contributed by atoms with Gasteiger partial charge in [-0.25, -0.2) is 4.68 Å². The van der Waals surface area contributed by atoms with Crippen LogP contribution in [0, 0.1) is 6.92 Å². The highest BCUT2D eigenvalue weighted by Gasteiger charge is 2.16. The lowest BCUT2D eigenvalue weighted by molar-refractivity contribution is 0.327. The van der Waals surface area contributed by atoms with Gasteiger partial charge in [0.25, 0.3) is 0 Å². The maximum atomic E-state index is 5.70. The Morgan fingerprint density at radius 2 is 2.11 bits per heavy atom. The molecular formula is C13H20N6. The molecule has 0 spiro atoms. The molecule has 3 rings (SSSR count). The van der Waals surface area contributed by atoms with Crippen molar-refractivity contribution in [2.45, 2.75) is 51.6 Å². The fourth-order valence-electron chi connectivity index (χ4n) is 2.69. The largest absolute Gasteiger partial charge is 0.381 e. The smallest absolute Gasteiger partial charge is 0.168 e. The van der Waals surface area contributed by atoms with E-state index in [2.05, 4.69) is 32.4 Å². The Bertz CT molecular complexity index is 549. The molecule has 0 saturated heterocycles. The van der Waals surface area contributed by atoms with Crippen molar-refractivity contribution in [3.05, 3.63) is 23.7 Å². The van der Waals surface area contributed by atoms with E-state index in [9.17, 15) is 0 Å². The van der Waals surface area contributed by atoms with E-state index in [1.165, 1.54) is 32.1 Å². The van der Waals surface area contributed by atoms with E-state index in [0.717, 1.165) is 11.4 Å². The summed E-state index contributed by atoms with van der Waals surface area (Å²) in [6.07, 6.45) is 8.58. The number of nitrogen functional groups attached to an aromatic ring is 1. The third-order valence-electron chi connectivity index (χ3n) is 3.94. The van der Waals surface area contributed by atoms with Gasteiger partial charge < -0.3 is 5.73 Å².